The van der Waals surface area contributed by atoms with Crippen LogP contribution in [0.1, 0.15) is 5.56 Å². The van der Waals surface area contributed by atoms with Crippen molar-refractivity contribution in [2.24, 2.45) is 5.73 Å². The van der Waals surface area contributed by atoms with Gasteiger partial charge in [-0.1, -0.05) is 6.07 Å². The molecular weight excluding hydrogens is 212 g/mol. The normalized spacial score (nSPS) is 10.3. The summed E-state index contributed by atoms with van der Waals surface area (Å²) in [4.78, 5) is 10.5. The molecule has 4 heteroatoms. The van der Waals surface area contributed by atoms with E-state index in [4.69, 9.17) is 5.73 Å². The van der Waals surface area contributed by atoms with Crippen LogP contribution in [0.4, 0.5) is 5.82 Å². The van der Waals surface area contributed by atoms with E-state index >= 15 is 0 Å². The molecule has 0 aromatic carbocycles. The number of pyridine rings is 2. The molecule has 2 heterocycles. The van der Waals surface area contributed by atoms with Crippen molar-refractivity contribution in [3.8, 4) is 11.1 Å². The van der Waals surface area contributed by atoms with Crippen LogP contribution in [0.5, 0.6) is 0 Å². The summed E-state index contributed by atoms with van der Waals surface area (Å²) < 4.78 is 0. The highest BCUT2D eigenvalue weighted by atomic mass is 15.1. The highest BCUT2D eigenvalue weighted by molar-refractivity contribution is 5.71. The van der Waals surface area contributed by atoms with Crippen molar-refractivity contribution in [2.45, 2.75) is 6.54 Å². The third-order valence-corrected chi connectivity index (χ3v) is 2.63. The molecule has 0 fully saturated rings. The van der Waals surface area contributed by atoms with Crippen LogP contribution in [-0.4, -0.2) is 24.1 Å². The number of hydrogen-bond donors (Lipinski definition) is 1. The summed E-state index contributed by atoms with van der Waals surface area (Å²) in [6, 6.07) is 5.93. The van der Waals surface area contributed by atoms with E-state index in [2.05, 4.69) is 9.97 Å². The van der Waals surface area contributed by atoms with Crippen molar-refractivity contribution in [1.29, 1.82) is 0 Å². The van der Waals surface area contributed by atoms with E-state index < -0.39 is 0 Å². The van der Waals surface area contributed by atoms with Gasteiger partial charge in [-0.25, -0.2) is 4.98 Å². The Bertz CT molecular complexity index is 494. The van der Waals surface area contributed by atoms with Crippen LogP contribution < -0.4 is 10.6 Å². The van der Waals surface area contributed by atoms with Crippen molar-refractivity contribution in [2.75, 3.05) is 19.0 Å². The fourth-order valence-electron chi connectivity index (χ4n) is 1.86. The third kappa shape index (κ3) is 2.26. The summed E-state index contributed by atoms with van der Waals surface area (Å²) >= 11 is 0. The lowest BCUT2D eigenvalue weighted by Crippen LogP contribution is -2.15. The SMILES string of the molecule is CN(C)c1nccc(-c2cccnc2)c1CN. The zero-order valence-electron chi connectivity index (χ0n) is 10.1. The van der Waals surface area contributed by atoms with E-state index in [-0.39, 0.29) is 0 Å². The second kappa shape index (κ2) is 4.93. The molecule has 0 aliphatic rings. The Morgan fingerprint density at radius 3 is 2.65 bits per heavy atom. The summed E-state index contributed by atoms with van der Waals surface area (Å²) in [5.41, 5.74) is 9.05. The van der Waals surface area contributed by atoms with Gasteiger partial charge in [-0.15, -0.1) is 0 Å². The Balaban J connectivity index is 2.59. The molecule has 0 radical (unpaired) electrons. The van der Waals surface area contributed by atoms with Crippen molar-refractivity contribution < 1.29 is 0 Å². The molecule has 2 aromatic rings. The summed E-state index contributed by atoms with van der Waals surface area (Å²) in [6.45, 7) is 0.464. The van der Waals surface area contributed by atoms with Crippen LogP contribution in [0, 0.1) is 0 Å². The van der Waals surface area contributed by atoms with Crippen LogP contribution in [0.15, 0.2) is 36.8 Å². The van der Waals surface area contributed by atoms with E-state index in [9.17, 15) is 0 Å². The molecular formula is C13H16N4. The molecule has 88 valence electrons. The van der Waals surface area contributed by atoms with E-state index in [1.54, 1.807) is 12.4 Å². The van der Waals surface area contributed by atoms with Gasteiger partial charge >= 0.3 is 0 Å². The first-order chi connectivity index (χ1) is 8.24. The molecule has 0 atom stereocenters. The number of anilines is 1. The summed E-state index contributed by atoms with van der Waals surface area (Å²) in [7, 11) is 3.93. The number of rotatable bonds is 3. The first-order valence-corrected chi connectivity index (χ1v) is 5.49. The van der Waals surface area contributed by atoms with Gasteiger partial charge in [0.25, 0.3) is 0 Å². The van der Waals surface area contributed by atoms with E-state index in [1.807, 2.05) is 43.4 Å². The smallest absolute Gasteiger partial charge is 0.133 e. The molecule has 2 rings (SSSR count). The molecule has 0 saturated carbocycles. The molecule has 4 nitrogen and oxygen atoms in total. The van der Waals surface area contributed by atoms with E-state index in [1.165, 1.54) is 0 Å². The molecule has 0 spiro atoms. The number of nitrogens with zero attached hydrogens (tertiary/aromatic N) is 3. The van der Waals surface area contributed by atoms with E-state index in [0.29, 0.717) is 6.54 Å². The highest BCUT2D eigenvalue weighted by Gasteiger charge is 2.11. The molecule has 0 unspecified atom stereocenters. The molecule has 2 N–H and O–H groups in total. The minimum Gasteiger partial charge on any atom is -0.362 e. The van der Waals surface area contributed by atoms with Crippen molar-refractivity contribution in [3.05, 3.63) is 42.4 Å². The van der Waals surface area contributed by atoms with Crippen LogP contribution in [0.25, 0.3) is 11.1 Å². The van der Waals surface area contributed by atoms with Gasteiger partial charge in [0.15, 0.2) is 0 Å². The van der Waals surface area contributed by atoms with Gasteiger partial charge in [0.2, 0.25) is 0 Å². The highest BCUT2D eigenvalue weighted by Crippen LogP contribution is 2.27. The maximum Gasteiger partial charge on any atom is 0.133 e. The van der Waals surface area contributed by atoms with Gasteiger partial charge in [0, 0.05) is 50.4 Å². The monoisotopic (exact) mass is 228 g/mol. The Morgan fingerprint density at radius 2 is 2.06 bits per heavy atom. The van der Waals surface area contributed by atoms with Crippen LogP contribution >= 0.6 is 0 Å². The quantitative estimate of drug-likeness (QED) is 0.868. The third-order valence-electron chi connectivity index (χ3n) is 2.63. The Kier molecular flexibility index (Phi) is 3.35. The fourth-order valence-corrected chi connectivity index (χ4v) is 1.86. The van der Waals surface area contributed by atoms with Gasteiger partial charge in [-0.2, -0.15) is 0 Å². The van der Waals surface area contributed by atoms with Crippen LogP contribution in [-0.2, 0) is 6.54 Å². The van der Waals surface area contributed by atoms with E-state index in [0.717, 1.165) is 22.5 Å². The first kappa shape index (κ1) is 11.5. The van der Waals surface area contributed by atoms with Crippen molar-refractivity contribution >= 4 is 5.82 Å². The lowest BCUT2D eigenvalue weighted by Gasteiger charge is -2.18. The van der Waals surface area contributed by atoms with Crippen LogP contribution in [0.2, 0.25) is 0 Å². The van der Waals surface area contributed by atoms with Crippen LogP contribution in [0.3, 0.4) is 0 Å². The zero-order valence-corrected chi connectivity index (χ0v) is 10.1. The van der Waals surface area contributed by atoms with Gasteiger partial charge in [0.1, 0.15) is 5.82 Å². The second-order valence-electron chi connectivity index (χ2n) is 4.00. The fraction of sp³-hybridized carbons (Fsp3) is 0.231. The molecule has 0 aliphatic heterocycles. The zero-order chi connectivity index (χ0) is 12.3. The molecule has 17 heavy (non-hydrogen) atoms. The molecule has 2 aromatic heterocycles. The molecule has 0 aliphatic carbocycles. The van der Waals surface area contributed by atoms with Crippen molar-refractivity contribution in [3.63, 3.8) is 0 Å². The predicted molar refractivity (Wildman–Crippen MR) is 69.7 cm³/mol. The van der Waals surface area contributed by atoms with Crippen molar-refractivity contribution in [1.82, 2.24) is 9.97 Å². The number of aromatic nitrogens is 2. The predicted octanol–water partition coefficient (Wildman–Crippen LogP) is 1.67. The van der Waals surface area contributed by atoms with Gasteiger partial charge < -0.3 is 10.6 Å². The lowest BCUT2D eigenvalue weighted by atomic mass is 10.0. The Labute approximate surface area is 101 Å². The minimum absolute atomic E-state index is 0.464. The first-order valence-electron chi connectivity index (χ1n) is 5.49. The van der Waals surface area contributed by atoms with Gasteiger partial charge in [0.05, 0.1) is 0 Å². The maximum absolute atomic E-state index is 5.84. The Morgan fingerprint density at radius 1 is 1.24 bits per heavy atom. The minimum atomic E-state index is 0.464. The topological polar surface area (TPSA) is 55.0 Å². The average Bonchev–Trinajstić information content (AvgIpc) is 2.38. The van der Waals surface area contributed by atoms with Gasteiger partial charge in [-0.05, 0) is 17.7 Å². The lowest BCUT2D eigenvalue weighted by molar-refractivity contribution is 0.988. The Hall–Kier alpha value is -1.94. The average molecular weight is 228 g/mol. The summed E-state index contributed by atoms with van der Waals surface area (Å²) in [6.07, 6.45) is 5.41. The summed E-state index contributed by atoms with van der Waals surface area (Å²) in [5, 5.41) is 0. The summed E-state index contributed by atoms with van der Waals surface area (Å²) in [5.74, 6) is 0.911. The molecule has 0 saturated heterocycles. The van der Waals surface area contributed by atoms with Gasteiger partial charge in [-0.3, -0.25) is 4.98 Å². The number of hydrogen-bond acceptors (Lipinski definition) is 4. The maximum atomic E-state index is 5.84. The molecule has 0 amide bonds. The molecule has 0 bridgehead atoms. The standard InChI is InChI=1S/C13H16N4/c1-17(2)13-12(8-14)11(5-7-16-13)10-4-3-6-15-9-10/h3-7,9H,8,14H2,1-2H3. The largest absolute Gasteiger partial charge is 0.362 e. The number of nitrogens with two attached hydrogens (primary N) is 1. The second-order valence-corrected chi connectivity index (χ2v) is 4.00.